The van der Waals surface area contributed by atoms with E-state index in [1.807, 2.05) is 25.1 Å². The minimum absolute atomic E-state index is 0.300. The molecule has 0 aliphatic rings. The zero-order chi connectivity index (χ0) is 14.9. The second-order valence-electron chi connectivity index (χ2n) is 4.31. The number of benzene rings is 1. The largest absolute Gasteiger partial charge is 0.338 e. The Kier molecular flexibility index (Phi) is 4.64. The Hall–Kier alpha value is -0.750. The summed E-state index contributed by atoms with van der Waals surface area (Å²) in [6.07, 6.45) is -0.855. The average molecular weight is 353 g/mol. The van der Waals surface area contributed by atoms with Crippen LogP contribution in [0, 0.1) is 6.92 Å². The van der Waals surface area contributed by atoms with Crippen LogP contribution in [0.15, 0.2) is 18.2 Å². The zero-order valence-electron chi connectivity index (χ0n) is 10.7. The maximum Gasteiger partial charge on any atom is 0.228 e. The van der Waals surface area contributed by atoms with Crippen molar-refractivity contribution >= 4 is 67.4 Å². The van der Waals surface area contributed by atoms with E-state index < -0.39 is 9.96 Å². The first kappa shape index (κ1) is 15.6. The molecule has 1 aromatic carbocycles. The summed E-state index contributed by atoms with van der Waals surface area (Å²) in [5.41, 5.74) is 2.00. The number of aromatic nitrogens is 1. The number of nitrogens with zero attached hydrogens (tertiary/aromatic N) is 1. The first-order valence-corrected chi connectivity index (χ1v) is 7.68. The van der Waals surface area contributed by atoms with Gasteiger partial charge in [0, 0.05) is 6.92 Å². The monoisotopic (exact) mass is 351 g/mol. The fourth-order valence-electron chi connectivity index (χ4n) is 1.62. The number of rotatable bonds is 3. The predicted octanol–water partition coefficient (Wildman–Crippen LogP) is 3.85. The lowest BCUT2D eigenvalue weighted by Gasteiger charge is -2.25. The Morgan fingerprint density at radius 3 is 2.70 bits per heavy atom. The zero-order valence-corrected chi connectivity index (χ0v) is 13.8. The third-order valence-electron chi connectivity index (χ3n) is 2.49. The lowest BCUT2D eigenvalue weighted by atomic mass is 10.2. The van der Waals surface area contributed by atoms with Gasteiger partial charge in [0.15, 0.2) is 5.13 Å². The Labute approximate surface area is 135 Å². The molecular formula is C12H12Cl3N3OS. The number of aryl methyl sites for hydroxylation is 1. The highest BCUT2D eigenvalue weighted by Crippen LogP contribution is 2.33. The molecule has 0 spiro atoms. The molecule has 2 aromatic rings. The number of alkyl halides is 3. The highest BCUT2D eigenvalue weighted by atomic mass is 35.6. The molecule has 1 amide bonds. The van der Waals surface area contributed by atoms with Gasteiger partial charge < -0.3 is 10.6 Å². The van der Waals surface area contributed by atoms with Crippen molar-refractivity contribution in [2.75, 3.05) is 5.32 Å². The number of halogens is 3. The van der Waals surface area contributed by atoms with Crippen LogP contribution in [0.4, 0.5) is 5.13 Å². The van der Waals surface area contributed by atoms with E-state index in [2.05, 4.69) is 15.6 Å². The molecule has 1 atom stereocenters. The fourth-order valence-corrected chi connectivity index (χ4v) is 2.94. The van der Waals surface area contributed by atoms with Gasteiger partial charge in [-0.05, 0) is 24.6 Å². The molecule has 1 aromatic heterocycles. The van der Waals surface area contributed by atoms with Gasteiger partial charge in [-0.2, -0.15) is 0 Å². The van der Waals surface area contributed by atoms with Crippen molar-refractivity contribution in [2.24, 2.45) is 0 Å². The van der Waals surface area contributed by atoms with E-state index >= 15 is 0 Å². The number of hydrogen-bond acceptors (Lipinski definition) is 4. The van der Waals surface area contributed by atoms with Gasteiger partial charge in [0.2, 0.25) is 9.70 Å². The van der Waals surface area contributed by atoms with E-state index in [-0.39, 0.29) is 5.91 Å². The number of nitrogens with one attached hydrogen (secondary N) is 2. The second kappa shape index (κ2) is 5.93. The molecule has 1 unspecified atom stereocenters. The molecule has 4 nitrogen and oxygen atoms in total. The van der Waals surface area contributed by atoms with Crippen LogP contribution < -0.4 is 10.6 Å². The SMILES string of the molecule is CC(=O)NC(Nc1nc2ccc(C)cc2s1)C(Cl)(Cl)Cl. The molecule has 0 radical (unpaired) electrons. The van der Waals surface area contributed by atoms with E-state index in [9.17, 15) is 4.79 Å². The molecule has 0 aliphatic heterocycles. The van der Waals surface area contributed by atoms with Gasteiger partial charge >= 0.3 is 0 Å². The van der Waals surface area contributed by atoms with Gasteiger partial charge in [-0.25, -0.2) is 4.98 Å². The van der Waals surface area contributed by atoms with Gasteiger partial charge in [0.05, 0.1) is 10.2 Å². The molecule has 2 rings (SSSR count). The standard InChI is InChI=1S/C12H12Cl3N3OS/c1-6-3-4-8-9(5-6)20-11(17-8)18-10(12(13,14)15)16-7(2)19/h3-5,10H,1-2H3,(H,16,19)(H,17,18). The van der Waals surface area contributed by atoms with Gasteiger partial charge in [-0.1, -0.05) is 52.2 Å². The number of thiazole rings is 1. The van der Waals surface area contributed by atoms with Crippen LogP contribution in [-0.2, 0) is 4.79 Å². The summed E-state index contributed by atoms with van der Waals surface area (Å²) in [7, 11) is 0. The number of carbonyl (C=O) groups excluding carboxylic acids is 1. The summed E-state index contributed by atoms with van der Waals surface area (Å²) in [6, 6.07) is 5.93. The molecule has 0 fully saturated rings. The molecule has 0 saturated carbocycles. The van der Waals surface area contributed by atoms with Gasteiger partial charge in [0.25, 0.3) is 0 Å². The number of fused-ring (bicyclic) bond motifs is 1. The molecular weight excluding hydrogens is 341 g/mol. The number of anilines is 1. The molecule has 1 heterocycles. The molecule has 0 bridgehead atoms. The van der Waals surface area contributed by atoms with Crippen molar-refractivity contribution in [2.45, 2.75) is 23.8 Å². The molecule has 0 aliphatic carbocycles. The lowest BCUT2D eigenvalue weighted by molar-refractivity contribution is -0.119. The van der Waals surface area contributed by atoms with E-state index in [1.54, 1.807) is 0 Å². The van der Waals surface area contributed by atoms with Crippen molar-refractivity contribution in [3.8, 4) is 0 Å². The topological polar surface area (TPSA) is 54.0 Å². The van der Waals surface area contributed by atoms with Crippen molar-refractivity contribution < 1.29 is 4.79 Å². The summed E-state index contributed by atoms with van der Waals surface area (Å²) in [4.78, 5) is 15.6. The number of carbonyl (C=O) groups is 1. The minimum Gasteiger partial charge on any atom is -0.338 e. The normalized spacial score (nSPS) is 13.2. The smallest absolute Gasteiger partial charge is 0.228 e. The van der Waals surface area contributed by atoms with E-state index in [1.165, 1.54) is 18.3 Å². The van der Waals surface area contributed by atoms with E-state index in [0.29, 0.717) is 5.13 Å². The summed E-state index contributed by atoms with van der Waals surface area (Å²) >= 11 is 19.0. The third-order valence-corrected chi connectivity index (χ3v) is 4.09. The Balaban J connectivity index is 2.26. The Morgan fingerprint density at radius 1 is 1.40 bits per heavy atom. The first-order valence-electron chi connectivity index (χ1n) is 5.73. The van der Waals surface area contributed by atoms with E-state index in [4.69, 9.17) is 34.8 Å². The predicted molar refractivity (Wildman–Crippen MR) is 85.9 cm³/mol. The van der Waals surface area contributed by atoms with Crippen LogP contribution in [0.2, 0.25) is 0 Å². The summed E-state index contributed by atoms with van der Waals surface area (Å²) in [6.45, 7) is 3.36. The first-order chi connectivity index (χ1) is 9.25. The van der Waals surface area contributed by atoms with Crippen LogP contribution in [-0.4, -0.2) is 20.8 Å². The maximum atomic E-state index is 11.2. The van der Waals surface area contributed by atoms with Crippen LogP contribution in [0.1, 0.15) is 12.5 Å². The lowest BCUT2D eigenvalue weighted by Crippen LogP contribution is -2.48. The summed E-state index contributed by atoms with van der Waals surface area (Å²) in [5.74, 6) is -0.300. The Morgan fingerprint density at radius 2 is 2.10 bits per heavy atom. The quantitative estimate of drug-likeness (QED) is 0.651. The van der Waals surface area contributed by atoms with Crippen LogP contribution in [0.3, 0.4) is 0 Å². The third kappa shape index (κ3) is 3.88. The van der Waals surface area contributed by atoms with Gasteiger partial charge in [-0.3, -0.25) is 4.79 Å². The molecule has 108 valence electrons. The van der Waals surface area contributed by atoms with Crippen LogP contribution in [0.25, 0.3) is 10.2 Å². The molecule has 20 heavy (non-hydrogen) atoms. The molecule has 0 saturated heterocycles. The average Bonchev–Trinajstić information content (AvgIpc) is 2.67. The van der Waals surface area contributed by atoms with Crippen LogP contribution in [0.5, 0.6) is 0 Å². The van der Waals surface area contributed by atoms with Crippen molar-refractivity contribution in [1.29, 1.82) is 0 Å². The number of hydrogen-bond donors (Lipinski definition) is 2. The molecule has 8 heteroatoms. The minimum atomic E-state index is -1.68. The summed E-state index contributed by atoms with van der Waals surface area (Å²) in [5, 5.41) is 6.06. The highest BCUT2D eigenvalue weighted by molar-refractivity contribution is 7.22. The Bertz CT molecular complexity index is 638. The van der Waals surface area contributed by atoms with E-state index in [0.717, 1.165) is 15.8 Å². The van der Waals surface area contributed by atoms with Crippen LogP contribution >= 0.6 is 46.1 Å². The highest BCUT2D eigenvalue weighted by Gasteiger charge is 2.34. The summed E-state index contributed by atoms with van der Waals surface area (Å²) < 4.78 is -0.655. The van der Waals surface area contributed by atoms with Crippen molar-refractivity contribution in [1.82, 2.24) is 10.3 Å². The maximum absolute atomic E-state index is 11.2. The van der Waals surface area contributed by atoms with Crippen molar-refractivity contribution in [3.05, 3.63) is 23.8 Å². The fraction of sp³-hybridized carbons (Fsp3) is 0.333. The number of amides is 1. The molecule has 2 N–H and O–H groups in total. The van der Waals surface area contributed by atoms with Gasteiger partial charge in [-0.15, -0.1) is 0 Å². The van der Waals surface area contributed by atoms with Crippen molar-refractivity contribution in [3.63, 3.8) is 0 Å². The van der Waals surface area contributed by atoms with Gasteiger partial charge in [0.1, 0.15) is 6.17 Å². The second-order valence-corrected chi connectivity index (χ2v) is 7.71.